The van der Waals surface area contributed by atoms with Crippen LogP contribution in [0.4, 0.5) is 5.69 Å². The Morgan fingerprint density at radius 3 is 2.52 bits per heavy atom. The van der Waals surface area contributed by atoms with Crippen LogP contribution in [0.1, 0.15) is 48.2 Å². The van der Waals surface area contributed by atoms with Gasteiger partial charge in [-0.05, 0) is 56.0 Å². The van der Waals surface area contributed by atoms with E-state index in [0.29, 0.717) is 37.2 Å². The van der Waals surface area contributed by atoms with E-state index in [1.165, 1.54) is 4.31 Å². The lowest BCUT2D eigenvalue weighted by Crippen LogP contribution is -2.48. The quantitative estimate of drug-likeness (QED) is 0.205. The summed E-state index contributed by atoms with van der Waals surface area (Å²) in [4.78, 5) is 22.0. The topological polar surface area (TPSA) is 141 Å². The summed E-state index contributed by atoms with van der Waals surface area (Å²) in [5, 5.41) is 25.1. The van der Waals surface area contributed by atoms with Gasteiger partial charge in [-0.1, -0.05) is 43.7 Å². The summed E-state index contributed by atoms with van der Waals surface area (Å²) in [6.45, 7) is 5.76. The molecule has 0 fully saturated rings. The number of sulfonamides is 1. The lowest BCUT2D eigenvalue weighted by atomic mass is 10.00. The van der Waals surface area contributed by atoms with Crippen LogP contribution < -0.4 is 14.9 Å². The summed E-state index contributed by atoms with van der Waals surface area (Å²) in [7, 11) is -1.94. The van der Waals surface area contributed by atoms with E-state index < -0.39 is 22.2 Å². The molecule has 40 heavy (non-hydrogen) atoms. The molecule has 10 nitrogen and oxygen atoms in total. The summed E-state index contributed by atoms with van der Waals surface area (Å²) >= 11 is 0. The van der Waals surface area contributed by atoms with Crippen LogP contribution in [0.25, 0.3) is 10.9 Å². The van der Waals surface area contributed by atoms with Crippen LogP contribution in [0.3, 0.4) is 0 Å². The lowest BCUT2D eigenvalue weighted by molar-refractivity contribution is -0.122. The second-order valence-corrected chi connectivity index (χ2v) is 12.0. The van der Waals surface area contributed by atoms with Gasteiger partial charge in [0.25, 0.3) is 12.4 Å². The van der Waals surface area contributed by atoms with Gasteiger partial charge in [0, 0.05) is 37.3 Å². The average Bonchev–Trinajstić information content (AvgIpc) is 3.27. The van der Waals surface area contributed by atoms with Gasteiger partial charge in [0.1, 0.15) is 0 Å². The monoisotopic (exact) mass is 572 g/mol. The van der Waals surface area contributed by atoms with E-state index in [4.69, 9.17) is 9.90 Å². The molecule has 0 spiro atoms. The largest absolute Gasteiger partial charge is 0.483 e. The van der Waals surface area contributed by atoms with Crippen LogP contribution in [-0.2, 0) is 34.2 Å². The summed E-state index contributed by atoms with van der Waals surface area (Å²) in [5.74, 6) is -0.314. The number of benzene rings is 2. The molecular weight excluding hydrogens is 532 g/mol. The van der Waals surface area contributed by atoms with Gasteiger partial charge in [-0.25, -0.2) is 8.42 Å². The molecule has 0 aliphatic carbocycles. The molecule has 2 heterocycles. The van der Waals surface area contributed by atoms with Crippen LogP contribution in [-0.4, -0.2) is 73.6 Å². The lowest BCUT2D eigenvalue weighted by Gasteiger charge is -2.25. The number of aromatic nitrogens is 1. The zero-order valence-corrected chi connectivity index (χ0v) is 24.2. The first-order chi connectivity index (χ1) is 19.2. The van der Waals surface area contributed by atoms with E-state index in [1.807, 2.05) is 49.5 Å². The van der Waals surface area contributed by atoms with E-state index in [2.05, 4.69) is 22.1 Å². The number of aryl methyl sites for hydroxylation is 2. The number of aliphatic hydroxyl groups is 1. The average molecular weight is 573 g/mol. The highest BCUT2D eigenvalue weighted by Crippen LogP contribution is 2.36. The number of rotatable bonds is 11. The third-order valence-corrected chi connectivity index (χ3v) is 8.92. The summed E-state index contributed by atoms with van der Waals surface area (Å²) in [5.41, 5.74) is 3.71. The minimum atomic E-state index is -3.49. The Labute approximate surface area is 236 Å². The van der Waals surface area contributed by atoms with E-state index in [9.17, 15) is 18.3 Å². The number of hydrogen-bond acceptors (Lipinski definition) is 6. The van der Waals surface area contributed by atoms with Crippen molar-refractivity contribution < 1.29 is 28.2 Å². The fourth-order valence-corrected chi connectivity index (χ4v) is 6.14. The van der Waals surface area contributed by atoms with Crippen molar-refractivity contribution in [3.63, 3.8) is 0 Å². The Balaban J connectivity index is 0.00000141. The molecule has 3 aromatic rings. The van der Waals surface area contributed by atoms with Crippen molar-refractivity contribution in [2.75, 3.05) is 30.2 Å². The number of hydrogen-bond donors (Lipinski definition) is 4. The number of carboxylic acid groups (broad SMARTS) is 1. The van der Waals surface area contributed by atoms with Gasteiger partial charge in [-0.3, -0.25) is 13.9 Å². The van der Waals surface area contributed by atoms with Crippen molar-refractivity contribution in [3.8, 4) is 0 Å². The van der Waals surface area contributed by atoms with Crippen LogP contribution in [0.15, 0.2) is 48.7 Å². The van der Waals surface area contributed by atoms with Crippen molar-refractivity contribution in [1.82, 2.24) is 15.2 Å². The number of carbonyl (C=O) groups excluding carboxylic acids is 1. The summed E-state index contributed by atoms with van der Waals surface area (Å²) in [6, 6.07) is 12.7. The molecule has 0 radical (unpaired) electrons. The highest BCUT2D eigenvalue weighted by molar-refractivity contribution is 7.92. The molecule has 218 valence electrons. The number of amides is 1. The zero-order valence-electron chi connectivity index (χ0n) is 23.3. The maximum atomic E-state index is 13.6. The zero-order chi connectivity index (χ0) is 29.3. The number of nitrogens with one attached hydrogen (secondary N) is 2. The molecule has 1 aromatic heterocycles. The Bertz CT molecular complexity index is 1390. The fraction of sp³-hybridized carbons (Fsp3) is 0.448. The predicted octanol–water partition coefficient (Wildman–Crippen LogP) is 2.78. The van der Waals surface area contributed by atoms with E-state index in [-0.39, 0.29) is 18.1 Å². The third kappa shape index (κ3) is 7.41. The minimum absolute atomic E-state index is 0.0267. The van der Waals surface area contributed by atoms with Crippen molar-refractivity contribution >= 4 is 39.0 Å². The highest BCUT2D eigenvalue weighted by atomic mass is 32.2. The number of unbranched alkanes of at least 4 members (excludes halogenated alkanes) is 1. The van der Waals surface area contributed by atoms with Crippen molar-refractivity contribution in [2.45, 2.75) is 58.2 Å². The van der Waals surface area contributed by atoms with Gasteiger partial charge in [-0.2, -0.15) is 0 Å². The Hall–Kier alpha value is -3.41. The molecule has 4 N–H and O–H groups in total. The molecule has 0 saturated carbocycles. The Morgan fingerprint density at radius 1 is 1.18 bits per heavy atom. The van der Waals surface area contributed by atoms with Crippen molar-refractivity contribution in [3.05, 3.63) is 65.4 Å². The van der Waals surface area contributed by atoms with Crippen LogP contribution in [0.2, 0.25) is 0 Å². The van der Waals surface area contributed by atoms with E-state index in [1.54, 1.807) is 13.1 Å². The van der Waals surface area contributed by atoms with Gasteiger partial charge < -0.3 is 25.4 Å². The smallest absolute Gasteiger partial charge is 0.290 e. The van der Waals surface area contributed by atoms with Crippen molar-refractivity contribution in [2.24, 2.45) is 0 Å². The molecule has 2 aromatic carbocycles. The normalized spacial score (nSPS) is 15.4. The molecule has 0 saturated heterocycles. The van der Waals surface area contributed by atoms with E-state index in [0.717, 1.165) is 41.4 Å². The fourth-order valence-electron chi connectivity index (χ4n) is 4.94. The standard InChI is InChI=1S/C28H38N4O4S.CH2O2/c1-4-6-13-29-18-26(33)23(15-20-10-8-7-9-11-20)30-28(34)22-16-24-27-21(12-14-37(35,36)31(24)3)19-32(5-2)25(27)17-22;2-1-3/h7-11,16-17,19,23,26,29,33H,4-6,12-15,18H2,1-3H3,(H,30,34);1H,(H,2,3)/t23-,26+;/m0./s1. The highest BCUT2D eigenvalue weighted by Gasteiger charge is 2.29. The molecule has 0 bridgehead atoms. The third-order valence-electron chi connectivity index (χ3n) is 7.17. The summed E-state index contributed by atoms with van der Waals surface area (Å²) < 4.78 is 29.0. The van der Waals surface area contributed by atoms with Crippen LogP contribution in [0.5, 0.6) is 0 Å². The van der Waals surface area contributed by atoms with Crippen LogP contribution >= 0.6 is 0 Å². The van der Waals surface area contributed by atoms with Crippen molar-refractivity contribution in [1.29, 1.82) is 0 Å². The molecule has 0 unspecified atom stereocenters. The summed E-state index contributed by atoms with van der Waals surface area (Å²) in [6.07, 6.45) is 4.19. The maximum absolute atomic E-state index is 13.6. The second-order valence-electron chi connectivity index (χ2n) is 9.86. The molecule has 4 rings (SSSR count). The number of aliphatic hydroxyl groups excluding tert-OH is 1. The molecular formula is C29H40N4O6S. The van der Waals surface area contributed by atoms with Gasteiger partial charge in [-0.15, -0.1) is 0 Å². The first-order valence-electron chi connectivity index (χ1n) is 13.6. The van der Waals surface area contributed by atoms with Gasteiger partial charge in [0.15, 0.2) is 0 Å². The SMILES string of the molecule is CCCCNC[C@@H](O)[C@H](Cc1ccccc1)NC(=O)c1cc2c3c(cn(CC)c3c1)CCS(=O)(=O)N2C.O=CO. The molecule has 2 atom stereocenters. The molecule has 1 amide bonds. The van der Waals surface area contributed by atoms with E-state index >= 15 is 0 Å². The van der Waals surface area contributed by atoms with Crippen LogP contribution in [0, 0.1) is 0 Å². The first kappa shape index (κ1) is 31.1. The number of anilines is 1. The first-order valence-corrected chi connectivity index (χ1v) is 15.2. The maximum Gasteiger partial charge on any atom is 0.290 e. The second kappa shape index (κ2) is 14.3. The molecule has 1 aliphatic rings. The Kier molecular flexibility index (Phi) is 11.1. The molecule has 1 aliphatic heterocycles. The number of nitrogens with zero attached hydrogens (tertiary/aromatic N) is 2. The van der Waals surface area contributed by atoms with Gasteiger partial charge in [0.05, 0.1) is 29.1 Å². The minimum Gasteiger partial charge on any atom is -0.483 e. The van der Waals surface area contributed by atoms with Gasteiger partial charge >= 0.3 is 0 Å². The predicted molar refractivity (Wildman–Crippen MR) is 157 cm³/mol. The number of carbonyl (C=O) groups is 2. The van der Waals surface area contributed by atoms with Gasteiger partial charge in [0.2, 0.25) is 10.0 Å². The molecule has 11 heteroatoms. The Morgan fingerprint density at radius 2 is 1.88 bits per heavy atom.